The van der Waals surface area contributed by atoms with Crippen LogP contribution >= 0.6 is 0 Å². The first kappa shape index (κ1) is 20.6. The van der Waals surface area contributed by atoms with E-state index in [2.05, 4.69) is 17.2 Å². The zero-order valence-corrected chi connectivity index (χ0v) is 18.3. The van der Waals surface area contributed by atoms with Gasteiger partial charge in [-0.3, -0.25) is 9.59 Å². The number of likely N-dealkylation sites (tertiary alicyclic amines) is 1. The first-order chi connectivity index (χ1) is 14.4. The number of hydrogen-bond acceptors (Lipinski definition) is 3. The van der Waals surface area contributed by atoms with E-state index in [1.807, 2.05) is 53.6 Å². The zero-order chi connectivity index (χ0) is 21.3. The van der Waals surface area contributed by atoms with Gasteiger partial charge in [0.1, 0.15) is 0 Å². The van der Waals surface area contributed by atoms with E-state index >= 15 is 0 Å². The molecule has 1 aromatic heterocycles. The number of aryl methyl sites for hydroxylation is 2. The number of piperidine rings is 1. The minimum absolute atomic E-state index is 0.0903. The Morgan fingerprint density at radius 2 is 1.93 bits per heavy atom. The second kappa shape index (κ2) is 8.62. The molecule has 2 aliphatic rings. The Kier molecular flexibility index (Phi) is 5.93. The van der Waals surface area contributed by atoms with Crippen LogP contribution in [-0.2, 0) is 16.1 Å². The summed E-state index contributed by atoms with van der Waals surface area (Å²) in [5.74, 6) is 0.278. The van der Waals surface area contributed by atoms with Gasteiger partial charge in [0.25, 0.3) is 0 Å². The molecular formula is C24H32N4O2. The molecule has 1 aliphatic heterocycles. The van der Waals surface area contributed by atoms with Gasteiger partial charge in [-0.25, -0.2) is 4.68 Å². The highest BCUT2D eigenvalue weighted by atomic mass is 16.2. The molecule has 0 spiro atoms. The van der Waals surface area contributed by atoms with Gasteiger partial charge in [0, 0.05) is 38.3 Å². The Labute approximate surface area is 178 Å². The molecule has 1 aromatic carbocycles. The van der Waals surface area contributed by atoms with Gasteiger partial charge in [-0.2, -0.15) is 5.10 Å². The lowest BCUT2D eigenvalue weighted by Gasteiger charge is -2.37. The Morgan fingerprint density at radius 1 is 1.17 bits per heavy atom. The second-order valence-corrected chi connectivity index (χ2v) is 8.92. The van der Waals surface area contributed by atoms with Gasteiger partial charge in [-0.15, -0.1) is 0 Å². The maximum atomic E-state index is 13.2. The molecule has 1 atom stereocenters. The smallest absolute Gasteiger partial charge is 0.227 e. The van der Waals surface area contributed by atoms with Crippen LogP contribution in [0.4, 0.5) is 0 Å². The fourth-order valence-electron chi connectivity index (χ4n) is 4.98. The van der Waals surface area contributed by atoms with Crippen molar-refractivity contribution in [2.75, 3.05) is 13.6 Å². The molecule has 2 amide bonds. The Bertz CT molecular complexity index is 929. The minimum atomic E-state index is -0.0903. The molecule has 1 aliphatic carbocycles. The van der Waals surface area contributed by atoms with Crippen LogP contribution in [-0.4, -0.2) is 51.0 Å². The number of benzene rings is 1. The van der Waals surface area contributed by atoms with Crippen LogP contribution in [0, 0.1) is 19.8 Å². The van der Waals surface area contributed by atoms with Crippen molar-refractivity contribution in [1.82, 2.24) is 19.6 Å². The highest BCUT2D eigenvalue weighted by Crippen LogP contribution is 2.29. The summed E-state index contributed by atoms with van der Waals surface area (Å²) in [5.41, 5.74) is 4.17. The Morgan fingerprint density at radius 3 is 2.63 bits per heavy atom. The summed E-state index contributed by atoms with van der Waals surface area (Å²) in [6.07, 6.45) is 5.71. The summed E-state index contributed by atoms with van der Waals surface area (Å²) in [6.45, 7) is 5.17. The molecular weight excluding hydrogens is 376 g/mol. The molecule has 2 heterocycles. The monoisotopic (exact) mass is 408 g/mol. The molecule has 1 unspecified atom stereocenters. The number of hydrogen-bond donors (Lipinski definition) is 0. The summed E-state index contributed by atoms with van der Waals surface area (Å²) in [4.78, 5) is 29.4. The number of amides is 2. The van der Waals surface area contributed by atoms with Crippen molar-refractivity contribution in [3.63, 3.8) is 0 Å². The highest BCUT2D eigenvalue weighted by molar-refractivity contribution is 5.84. The molecule has 0 radical (unpaired) electrons. The molecule has 6 heteroatoms. The highest BCUT2D eigenvalue weighted by Gasteiger charge is 2.36. The molecule has 1 saturated heterocycles. The fraction of sp³-hybridized carbons (Fsp3) is 0.542. The number of carbonyl (C=O) groups excluding carboxylic acids is 2. The Balaban J connectivity index is 1.43. The normalized spacial score (nSPS) is 20.0. The first-order valence-electron chi connectivity index (χ1n) is 11.1. The molecule has 160 valence electrons. The third kappa shape index (κ3) is 4.27. The maximum absolute atomic E-state index is 13.2. The number of carbonyl (C=O) groups is 2. The predicted octanol–water partition coefficient (Wildman–Crippen LogP) is 3.63. The van der Waals surface area contributed by atoms with Crippen LogP contribution in [0.3, 0.4) is 0 Å². The van der Waals surface area contributed by atoms with Crippen LogP contribution in [0.25, 0.3) is 5.69 Å². The molecule has 0 N–H and O–H groups in total. The van der Waals surface area contributed by atoms with Crippen LogP contribution < -0.4 is 0 Å². The molecule has 0 bridgehead atoms. The summed E-state index contributed by atoms with van der Waals surface area (Å²) in [5, 5.41) is 4.56. The summed E-state index contributed by atoms with van der Waals surface area (Å²) in [7, 11) is 1.87. The lowest BCUT2D eigenvalue weighted by molar-refractivity contribution is -0.144. The molecule has 6 nitrogen and oxygen atoms in total. The zero-order valence-electron chi connectivity index (χ0n) is 18.3. The summed E-state index contributed by atoms with van der Waals surface area (Å²) < 4.78 is 1.94. The van der Waals surface area contributed by atoms with E-state index in [0.29, 0.717) is 32.0 Å². The van der Waals surface area contributed by atoms with E-state index < -0.39 is 0 Å². The van der Waals surface area contributed by atoms with Crippen molar-refractivity contribution in [2.45, 2.75) is 65.0 Å². The van der Waals surface area contributed by atoms with Crippen molar-refractivity contribution >= 4 is 11.8 Å². The largest absolute Gasteiger partial charge is 0.341 e. The van der Waals surface area contributed by atoms with Crippen molar-refractivity contribution in [3.05, 3.63) is 47.3 Å². The van der Waals surface area contributed by atoms with Crippen molar-refractivity contribution in [3.8, 4) is 5.69 Å². The SMILES string of the molecule is Cc1cc(C)n(-c2cccc(CN(C)C(=O)C3CCC(=O)N(C4CCCC4)C3)c2)n1. The summed E-state index contributed by atoms with van der Waals surface area (Å²) in [6, 6.07) is 10.6. The lowest BCUT2D eigenvalue weighted by Crippen LogP contribution is -2.49. The standard InChI is InChI=1S/C24H32N4O2/c1-17-13-18(2)28(25-17)22-10-6-7-19(14-22)15-26(3)24(30)20-11-12-23(29)27(16-20)21-8-4-5-9-21/h6-7,10,13-14,20-21H,4-5,8-9,11-12,15-16H2,1-3H3. The number of aromatic nitrogens is 2. The van der Waals surface area contributed by atoms with E-state index in [0.717, 1.165) is 35.5 Å². The molecule has 4 rings (SSSR count). The van der Waals surface area contributed by atoms with Crippen LogP contribution in [0.5, 0.6) is 0 Å². The topological polar surface area (TPSA) is 58.4 Å². The summed E-state index contributed by atoms with van der Waals surface area (Å²) >= 11 is 0. The minimum Gasteiger partial charge on any atom is -0.341 e. The average molecular weight is 409 g/mol. The van der Waals surface area contributed by atoms with E-state index in [4.69, 9.17) is 0 Å². The van der Waals surface area contributed by atoms with Gasteiger partial charge >= 0.3 is 0 Å². The quantitative estimate of drug-likeness (QED) is 0.759. The van der Waals surface area contributed by atoms with Gasteiger partial charge in [-0.05, 0) is 56.9 Å². The first-order valence-corrected chi connectivity index (χ1v) is 11.1. The van der Waals surface area contributed by atoms with E-state index in [-0.39, 0.29) is 17.7 Å². The molecule has 1 saturated carbocycles. The van der Waals surface area contributed by atoms with Gasteiger partial charge in [0.15, 0.2) is 0 Å². The lowest BCUT2D eigenvalue weighted by atomic mass is 9.94. The van der Waals surface area contributed by atoms with E-state index in [1.165, 1.54) is 12.8 Å². The molecule has 30 heavy (non-hydrogen) atoms. The third-order valence-corrected chi connectivity index (χ3v) is 6.52. The average Bonchev–Trinajstić information content (AvgIpc) is 3.37. The van der Waals surface area contributed by atoms with Crippen molar-refractivity contribution < 1.29 is 9.59 Å². The Hall–Kier alpha value is -2.63. The maximum Gasteiger partial charge on any atom is 0.227 e. The molecule has 2 aromatic rings. The van der Waals surface area contributed by atoms with Crippen LogP contribution in [0.15, 0.2) is 30.3 Å². The third-order valence-electron chi connectivity index (χ3n) is 6.52. The van der Waals surface area contributed by atoms with Gasteiger partial charge < -0.3 is 9.80 Å². The van der Waals surface area contributed by atoms with Gasteiger partial charge in [-0.1, -0.05) is 25.0 Å². The fourth-order valence-corrected chi connectivity index (χ4v) is 4.98. The van der Waals surface area contributed by atoms with Crippen LogP contribution in [0.2, 0.25) is 0 Å². The molecule has 2 fully saturated rings. The van der Waals surface area contributed by atoms with Crippen molar-refractivity contribution in [1.29, 1.82) is 0 Å². The van der Waals surface area contributed by atoms with E-state index in [1.54, 1.807) is 0 Å². The van der Waals surface area contributed by atoms with Crippen molar-refractivity contribution in [2.24, 2.45) is 5.92 Å². The number of rotatable bonds is 5. The number of nitrogens with zero attached hydrogens (tertiary/aromatic N) is 4. The van der Waals surface area contributed by atoms with E-state index in [9.17, 15) is 9.59 Å². The second-order valence-electron chi connectivity index (χ2n) is 8.92. The van der Waals surface area contributed by atoms with Crippen LogP contribution in [0.1, 0.15) is 55.5 Å². The van der Waals surface area contributed by atoms with Gasteiger partial charge in [0.05, 0.1) is 17.3 Å². The van der Waals surface area contributed by atoms with Gasteiger partial charge in [0.2, 0.25) is 11.8 Å². The predicted molar refractivity (Wildman–Crippen MR) is 116 cm³/mol.